The summed E-state index contributed by atoms with van der Waals surface area (Å²) in [4.78, 5) is 36.2. The van der Waals surface area contributed by atoms with E-state index in [2.05, 4.69) is 15.2 Å². The van der Waals surface area contributed by atoms with E-state index in [1.165, 1.54) is 6.07 Å². The molecular formula is C17H18N4O6. The Morgan fingerprint density at radius 3 is 2.30 bits per heavy atom. The lowest BCUT2D eigenvalue weighted by molar-refractivity contribution is -0.384. The minimum Gasteiger partial charge on any atom is -0.478 e. The first kappa shape index (κ1) is 19.8. The van der Waals surface area contributed by atoms with E-state index < -0.39 is 11.9 Å². The smallest absolute Gasteiger partial charge is 0.328 e. The number of carboxylic acids is 2. The number of nitrogens with zero attached hydrogens (tertiary/aromatic N) is 3. The predicted molar refractivity (Wildman–Crippen MR) is 97.9 cm³/mol. The summed E-state index contributed by atoms with van der Waals surface area (Å²) < 4.78 is 0. The van der Waals surface area contributed by atoms with Crippen LogP contribution >= 0.6 is 0 Å². The van der Waals surface area contributed by atoms with Gasteiger partial charge in [-0.25, -0.2) is 14.6 Å². The average molecular weight is 374 g/mol. The third-order valence-electron chi connectivity index (χ3n) is 3.68. The number of piperazine rings is 1. The molecule has 0 spiro atoms. The van der Waals surface area contributed by atoms with Gasteiger partial charge in [0.15, 0.2) is 0 Å². The van der Waals surface area contributed by atoms with Crippen LogP contribution < -0.4 is 10.2 Å². The first-order chi connectivity index (χ1) is 12.9. The largest absolute Gasteiger partial charge is 0.478 e. The average Bonchev–Trinajstić information content (AvgIpc) is 2.66. The Bertz CT molecular complexity index is 861. The molecule has 1 saturated heterocycles. The number of benzene rings is 1. The Labute approximate surface area is 153 Å². The van der Waals surface area contributed by atoms with E-state index in [0.717, 1.165) is 42.9 Å². The number of fused-ring (bicyclic) bond motifs is 1. The normalized spacial score (nSPS) is 13.9. The van der Waals surface area contributed by atoms with Crippen molar-refractivity contribution in [1.82, 2.24) is 10.3 Å². The molecule has 142 valence electrons. The van der Waals surface area contributed by atoms with Crippen LogP contribution in [0.3, 0.4) is 0 Å². The molecule has 0 unspecified atom stereocenters. The lowest BCUT2D eigenvalue weighted by atomic mass is 10.2. The van der Waals surface area contributed by atoms with E-state index in [1.807, 2.05) is 12.1 Å². The van der Waals surface area contributed by atoms with Crippen molar-refractivity contribution in [2.24, 2.45) is 0 Å². The van der Waals surface area contributed by atoms with Crippen molar-refractivity contribution in [2.45, 2.75) is 0 Å². The third-order valence-corrected chi connectivity index (χ3v) is 3.68. The summed E-state index contributed by atoms with van der Waals surface area (Å²) in [5, 5.41) is 30.4. The molecule has 0 atom stereocenters. The Morgan fingerprint density at radius 2 is 1.74 bits per heavy atom. The van der Waals surface area contributed by atoms with Gasteiger partial charge in [-0.2, -0.15) is 0 Å². The first-order valence-corrected chi connectivity index (χ1v) is 8.01. The van der Waals surface area contributed by atoms with Gasteiger partial charge in [-0.1, -0.05) is 0 Å². The summed E-state index contributed by atoms with van der Waals surface area (Å²) in [6.07, 6.45) is 1.12. The molecular weight excluding hydrogens is 356 g/mol. The number of hydrogen-bond acceptors (Lipinski definition) is 7. The molecule has 1 aromatic carbocycles. The monoisotopic (exact) mass is 374 g/mol. The van der Waals surface area contributed by atoms with Gasteiger partial charge >= 0.3 is 11.9 Å². The van der Waals surface area contributed by atoms with Crippen LogP contribution in [-0.2, 0) is 9.59 Å². The van der Waals surface area contributed by atoms with Gasteiger partial charge in [-0.3, -0.25) is 10.1 Å². The summed E-state index contributed by atoms with van der Waals surface area (Å²) in [5.41, 5.74) is 0.894. The highest BCUT2D eigenvalue weighted by molar-refractivity contribution is 5.89. The highest BCUT2D eigenvalue weighted by Crippen LogP contribution is 2.22. The highest BCUT2D eigenvalue weighted by atomic mass is 16.6. The Balaban J connectivity index is 0.000000279. The number of pyridine rings is 1. The first-order valence-electron chi connectivity index (χ1n) is 8.01. The molecule has 0 amide bonds. The number of carboxylic acid groups (broad SMARTS) is 2. The van der Waals surface area contributed by atoms with Crippen molar-refractivity contribution in [3.63, 3.8) is 0 Å². The summed E-state index contributed by atoms with van der Waals surface area (Å²) in [7, 11) is 0. The number of nitro benzene ring substituents is 1. The van der Waals surface area contributed by atoms with Gasteiger partial charge in [0.1, 0.15) is 5.82 Å². The zero-order chi connectivity index (χ0) is 19.8. The molecule has 1 aromatic heterocycles. The Hall–Kier alpha value is -3.53. The molecule has 3 rings (SSSR count). The molecule has 0 aliphatic carbocycles. The fourth-order valence-corrected chi connectivity index (χ4v) is 2.43. The number of anilines is 1. The van der Waals surface area contributed by atoms with Gasteiger partial charge < -0.3 is 20.4 Å². The minimum absolute atomic E-state index is 0.101. The van der Waals surface area contributed by atoms with Crippen molar-refractivity contribution in [3.8, 4) is 0 Å². The van der Waals surface area contributed by atoms with E-state index >= 15 is 0 Å². The van der Waals surface area contributed by atoms with Crippen LogP contribution in [0.25, 0.3) is 10.9 Å². The topological polar surface area (TPSA) is 146 Å². The maximum Gasteiger partial charge on any atom is 0.328 e. The second-order valence-corrected chi connectivity index (χ2v) is 5.55. The predicted octanol–water partition coefficient (Wildman–Crippen LogP) is 1.26. The van der Waals surface area contributed by atoms with Crippen molar-refractivity contribution >= 4 is 34.3 Å². The molecule has 0 bridgehead atoms. The Kier molecular flexibility index (Phi) is 6.78. The molecule has 10 heteroatoms. The van der Waals surface area contributed by atoms with Gasteiger partial charge in [-0.05, 0) is 18.2 Å². The number of nitrogens with one attached hydrogen (secondary N) is 1. The molecule has 10 nitrogen and oxygen atoms in total. The highest BCUT2D eigenvalue weighted by Gasteiger charge is 2.13. The van der Waals surface area contributed by atoms with Crippen LogP contribution in [-0.4, -0.2) is 58.2 Å². The lowest BCUT2D eigenvalue weighted by Crippen LogP contribution is -2.43. The number of non-ortho nitro benzene ring substituents is 1. The van der Waals surface area contributed by atoms with Crippen LogP contribution in [0.1, 0.15) is 0 Å². The van der Waals surface area contributed by atoms with Crippen molar-refractivity contribution in [2.75, 3.05) is 31.1 Å². The van der Waals surface area contributed by atoms with E-state index in [9.17, 15) is 19.7 Å². The van der Waals surface area contributed by atoms with Gasteiger partial charge in [0.25, 0.3) is 5.69 Å². The van der Waals surface area contributed by atoms with Crippen molar-refractivity contribution < 1.29 is 24.7 Å². The number of carbonyl (C=O) groups is 2. The summed E-state index contributed by atoms with van der Waals surface area (Å²) in [6.45, 7) is 3.79. The number of aliphatic carboxylic acids is 2. The quantitative estimate of drug-likeness (QED) is 0.409. The van der Waals surface area contributed by atoms with Gasteiger partial charge in [0.2, 0.25) is 0 Å². The number of rotatable bonds is 4. The van der Waals surface area contributed by atoms with Crippen LogP contribution in [0.15, 0.2) is 42.5 Å². The SMILES string of the molecule is O=C(O)C=CC(=O)O.O=[N+]([O-])c1ccc2nc(N3CCNCC3)ccc2c1. The molecule has 1 aliphatic heterocycles. The standard InChI is InChI=1S/C13H14N4O2.C4H4O4/c18-17(19)11-2-3-12-10(9-11)1-4-13(15-12)16-7-5-14-6-8-16;5-3(6)1-2-4(7)8/h1-4,9,14H,5-8H2;1-2H,(H,5,6)(H,7,8). The number of hydrogen-bond donors (Lipinski definition) is 3. The van der Waals surface area contributed by atoms with Gasteiger partial charge in [0.05, 0.1) is 10.4 Å². The molecule has 0 saturated carbocycles. The molecule has 27 heavy (non-hydrogen) atoms. The molecule has 2 heterocycles. The fourth-order valence-electron chi connectivity index (χ4n) is 2.43. The maximum atomic E-state index is 10.7. The molecule has 0 radical (unpaired) electrons. The zero-order valence-electron chi connectivity index (χ0n) is 14.2. The maximum absolute atomic E-state index is 10.7. The summed E-state index contributed by atoms with van der Waals surface area (Å²) in [5.74, 6) is -1.58. The molecule has 1 aliphatic rings. The lowest BCUT2D eigenvalue weighted by Gasteiger charge is -2.28. The zero-order valence-corrected chi connectivity index (χ0v) is 14.2. The number of nitro groups is 1. The second-order valence-electron chi connectivity index (χ2n) is 5.55. The van der Waals surface area contributed by atoms with E-state index in [4.69, 9.17) is 10.2 Å². The van der Waals surface area contributed by atoms with Crippen LogP contribution in [0.5, 0.6) is 0 Å². The van der Waals surface area contributed by atoms with E-state index in [-0.39, 0.29) is 10.6 Å². The van der Waals surface area contributed by atoms with Crippen molar-refractivity contribution in [3.05, 3.63) is 52.6 Å². The molecule has 3 N–H and O–H groups in total. The van der Waals surface area contributed by atoms with Crippen LogP contribution in [0.4, 0.5) is 11.5 Å². The second kappa shape index (κ2) is 9.25. The third kappa shape index (κ3) is 6.04. The van der Waals surface area contributed by atoms with Crippen molar-refractivity contribution in [1.29, 1.82) is 0 Å². The Morgan fingerprint density at radius 1 is 1.11 bits per heavy atom. The molecule has 2 aromatic rings. The fraction of sp³-hybridized carbons (Fsp3) is 0.235. The summed E-state index contributed by atoms with van der Waals surface area (Å²) >= 11 is 0. The number of aromatic nitrogens is 1. The summed E-state index contributed by atoms with van der Waals surface area (Å²) in [6, 6.07) is 8.59. The molecule has 1 fully saturated rings. The van der Waals surface area contributed by atoms with E-state index in [0.29, 0.717) is 12.2 Å². The van der Waals surface area contributed by atoms with Crippen LogP contribution in [0, 0.1) is 10.1 Å². The van der Waals surface area contributed by atoms with Crippen LogP contribution in [0.2, 0.25) is 0 Å². The van der Waals surface area contributed by atoms with Gasteiger partial charge in [0, 0.05) is 55.9 Å². The van der Waals surface area contributed by atoms with E-state index in [1.54, 1.807) is 12.1 Å². The minimum atomic E-state index is -1.26. The van der Waals surface area contributed by atoms with Gasteiger partial charge in [-0.15, -0.1) is 0 Å².